The van der Waals surface area contributed by atoms with E-state index in [0.717, 1.165) is 0 Å². The van der Waals surface area contributed by atoms with Crippen molar-refractivity contribution in [2.75, 3.05) is 23.0 Å². The van der Waals surface area contributed by atoms with E-state index in [0.29, 0.717) is 0 Å². The number of aromatic amines is 1. The summed E-state index contributed by atoms with van der Waals surface area (Å²) in [7, 11) is -16.9. The van der Waals surface area contributed by atoms with Crippen LogP contribution >= 0.6 is 23.5 Å². The van der Waals surface area contributed by atoms with Crippen LogP contribution in [-0.2, 0) is 36.4 Å². The molecule has 2 rings (SSSR count). The molecule has 2 heterocycles. The van der Waals surface area contributed by atoms with E-state index >= 15 is 0 Å². The van der Waals surface area contributed by atoms with E-state index in [1.54, 1.807) is 0 Å². The molecule has 20 nitrogen and oxygen atoms in total. The van der Waals surface area contributed by atoms with Crippen LogP contribution in [0.25, 0.3) is 0 Å². The van der Waals surface area contributed by atoms with Crippen molar-refractivity contribution in [3.05, 3.63) is 10.4 Å². The van der Waals surface area contributed by atoms with Crippen molar-refractivity contribution in [1.82, 2.24) is 9.97 Å². The predicted molar refractivity (Wildman–Crippen MR) is 103 cm³/mol. The van der Waals surface area contributed by atoms with Gasteiger partial charge in [-0.15, -0.1) is 0 Å². The SMILES string of the molecule is Nc1nc(NC2OC(COP(=O)(O)OP(=O)(O)OP(=O)(O)O)C(O)C2O)c(NC=O)c(=O)[nH]1. The summed E-state index contributed by atoms with van der Waals surface area (Å²) in [5.74, 6) is -0.774. The van der Waals surface area contributed by atoms with Crippen molar-refractivity contribution < 1.29 is 66.2 Å². The monoisotopic (exact) mass is 541 g/mol. The van der Waals surface area contributed by atoms with Crippen LogP contribution in [0.4, 0.5) is 17.5 Å². The zero-order chi connectivity index (χ0) is 25.2. The van der Waals surface area contributed by atoms with Gasteiger partial charge < -0.3 is 50.9 Å². The Hall–Kier alpha value is -1.76. The molecule has 33 heavy (non-hydrogen) atoms. The molecule has 6 unspecified atom stereocenters. The number of hydrogen-bond donors (Lipinski definition) is 10. The number of aliphatic hydroxyl groups excluding tert-OH is 2. The van der Waals surface area contributed by atoms with Crippen LogP contribution < -0.4 is 21.9 Å². The molecule has 1 amide bonds. The van der Waals surface area contributed by atoms with Crippen LogP contribution in [0.5, 0.6) is 0 Å². The number of carbonyl (C=O) groups is 1. The number of anilines is 3. The largest absolute Gasteiger partial charge is 0.490 e. The van der Waals surface area contributed by atoms with Gasteiger partial charge in [-0.05, 0) is 0 Å². The highest BCUT2D eigenvalue weighted by Crippen LogP contribution is 2.66. The summed E-state index contributed by atoms with van der Waals surface area (Å²) in [6, 6.07) is 0. The van der Waals surface area contributed by atoms with Crippen molar-refractivity contribution in [2.24, 2.45) is 0 Å². The molecule has 0 radical (unpaired) electrons. The Morgan fingerprint density at radius 3 is 2.33 bits per heavy atom. The van der Waals surface area contributed by atoms with Crippen molar-refractivity contribution >= 4 is 47.3 Å². The van der Waals surface area contributed by atoms with Gasteiger partial charge in [0.2, 0.25) is 12.4 Å². The molecule has 0 bridgehead atoms. The lowest BCUT2D eigenvalue weighted by Gasteiger charge is -2.19. The normalized spacial score (nSPS) is 26.8. The maximum atomic E-state index is 11.9. The number of nitrogens with two attached hydrogens (primary N) is 1. The number of hydrogen-bond acceptors (Lipinski definition) is 14. The van der Waals surface area contributed by atoms with Crippen LogP contribution in [0.1, 0.15) is 0 Å². The average Bonchev–Trinajstić information content (AvgIpc) is 2.88. The van der Waals surface area contributed by atoms with Crippen LogP contribution in [0.15, 0.2) is 4.79 Å². The minimum atomic E-state index is -5.76. The number of phosphoric ester groups is 1. The first-order valence-corrected chi connectivity index (χ1v) is 12.7. The van der Waals surface area contributed by atoms with Gasteiger partial charge in [0.1, 0.15) is 24.0 Å². The number of aliphatic hydroxyl groups is 2. The van der Waals surface area contributed by atoms with Gasteiger partial charge in [0.25, 0.3) is 5.56 Å². The molecule has 0 aromatic carbocycles. The van der Waals surface area contributed by atoms with Crippen LogP contribution in [0, 0.1) is 0 Å². The fourth-order valence-electron chi connectivity index (χ4n) is 2.40. The zero-order valence-electron chi connectivity index (χ0n) is 15.8. The number of rotatable bonds is 11. The third-order valence-electron chi connectivity index (χ3n) is 3.60. The third kappa shape index (κ3) is 7.90. The number of ether oxygens (including phenoxy) is 1. The topological polar surface area (TPSA) is 322 Å². The second-order valence-corrected chi connectivity index (χ2v) is 10.5. The minimum absolute atomic E-state index is 0.139. The molecule has 11 N–H and O–H groups in total. The first kappa shape index (κ1) is 27.5. The number of H-pyrrole nitrogens is 1. The number of carbonyl (C=O) groups excluding carboxylic acids is 1. The lowest BCUT2D eigenvalue weighted by Crippen LogP contribution is -2.37. The molecule has 6 atom stereocenters. The summed E-state index contributed by atoms with van der Waals surface area (Å²) in [4.78, 5) is 63.8. The van der Waals surface area contributed by atoms with E-state index < -0.39 is 71.8 Å². The second kappa shape index (κ2) is 10.2. The van der Waals surface area contributed by atoms with Crippen molar-refractivity contribution in [2.45, 2.75) is 24.5 Å². The fraction of sp³-hybridized carbons (Fsp3) is 0.500. The van der Waals surface area contributed by atoms with Gasteiger partial charge in [-0.2, -0.15) is 13.6 Å². The van der Waals surface area contributed by atoms with Crippen molar-refractivity contribution in [3.8, 4) is 0 Å². The Kier molecular flexibility index (Phi) is 8.53. The van der Waals surface area contributed by atoms with E-state index in [1.165, 1.54) is 0 Å². The van der Waals surface area contributed by atoms with E-state index in [-0.39, 0.29) is 12.2 Å². The molecule has 1 aliphatic rings. The Morgan fingerprint density at radius 1 is 1.12 bits per heavy atom. The number of nitrogens with zero attached hydrogens (tertiary/aromatic N) is 1. The number of phosphoric acid groups is 3. The summed E-state index contributed by atoms with van der Waals surface area (Å²) in [6.07, 6.45) is -6.58. The van der Waals surface area contributed by atoms with Crippen LogP contribution in [0.3, 0.4) is 0 Å². The van der Waals surface area contributed by atoms with Gasteiger partial charge in [-0.25, -0.2) is 13.7 Å². The smallest absolute Gasteiger partial charge is 0.387 e. The molecule has 0 spiro atoms. The van der Waals surface area contributed by atoms with E-state index in [4.69, 9.17) is 25.2 Å². The molecular weight excluding hydrogens is 523 g/mol. The standard InChI is InChI=1S/C10H18N5O15P3/c11-10-14-7(4(12-2-16)8(19)15-10)13-9-6(18)5(17)3(28-9)1-27-32(23,24)30-33(25,26)29-31(20,21)22/h2-3,5-6,9,17-18H,1H2,(H,12,16)(H,23,24)(H,25,26)(H2,20,21,22)(H4,11,13,14,15,19). The lowest BCUT2D eigenvalue weighted by atomic mass is 10.1. The third-order valence-corrected chi connectivity index (χ3v) is 7.40. The van der Waals surface area contributed by atoms with Crippen LogP contribution in [0.2, 0.25) is 0 Å². The Morgan fingerprint density at radius 2 is 1.76 bits per heavy atom. The van der Waals surface area contributed by atoms with E-state index in [1.807, 2.05) is 5.32 Å². The summed E-state index contributed by atoms with van der Waals surface area (Å²) < 4.78 is 50.2. The van der Waals surface area contributed by atoms with Gasteiger partial charge in [0, 0.05) is 0 Å². The number of amides is 1. The highest BCUT2D eigenvalue weighted by molar-refractivity contribution is 7.66. The molecule has 0 saturated carbocycles. The summed E-state index contributed by atoms with van der Waals surface area (Å²) in [5.41, 5.74) is 4.09. The first-order chi connectivity index (χ1) is 15.0. The second-order valence-electron chi connectivity index (χ2n) is 6.04. The molecule has 1 aromatic rings. The molecule has 23 heteroatoms. The number of nitrogens with one attached hydrogen (secondary N) is 3. The summed E-state index contributed by atoms with van der Waals surface area (Å²) >= 11 is 0. The van der Waals surface area contributed by atoms with Crippen molar-refractivity contribution in [3.63, 3.8) is 0 Å². The molecule has 0 aliphatic carbocycles. The molecule has 1 aliphatic heterocycles. The molecule has 1 aromatic heterocycles. The Labute approximate surface area is 182 Å². The van der Waals surface area contributed by atoms with E-state index in [2.05, 4.69) is 28.4 Å². The summed E-state index contributed by atoms with van der Waals surface area (Å²) in [6.45, 7) is -1.06. The highest BCUT2D eigenvalue weighted by Gasteiger charge is 2.46. The van der Waals surface area contributed by atoms with Gasteiger partial charge >= 0.3 is 23.5 Å². The summed E-state index contributed by atoms with van der Waals surface area (Å²) in [5, 5.41) is 24.6. The Balaban J connectivity index is 2.07. The van der Waals surface area contributed by atoms with Gasteiger partial charge in [0.05, 0.1) is 6.61 Å². The average molecular weight is 541 g/mol. The molecular formula is C10H18N5O15P3. The predicted octanol–water partition coefficient (Wildman–Crippen LogP) is -2.88. The van der Waals surface area contributed by atoms with E-state index in [9.17, 15) is 38.4 Å². The van der Waals surface area contributed by atoms with Crippen molar-refractivity contribution in [1.29, 1.82) is 0 Å². The first-order valence-electron chi connectivity index (χ1n) is 8.20. The highest BCUT2D eigenvalue weighted by atomic mass is 31.3. The molecule has 188 valence electrons. The zero-order valence-corrected chi connectivity index (χ0v) is 18.5. The Bertz CT molecular complexity index is 1070. The maximum Gasteiger partial charge on any atom is 0.490 e. The van der Waals surface area contributed by atoms with Gasteiger partial charge in [-0.3, -0.25) is 19.1 Å². The lowest BCUT2D eigenvalue weighted by molar-refractivity contribution is -0.105. The van der Waals surface area contributed by atoms with Gasteiger partial charge in [0.15, 0.2) is 12.0 Å². The molecule has 1 saturated heterocycles. The number of aromatic nitrogens is 2. The fourth-order valence-corrected chi connectivity index (χ4v) is 5.43. The minimum Gasteiger partial charge on any atom is -0.387 e. The molecule has 1 fully saturated rings. The quantitative estimate of drug-likeness (QED) is 0.0993. The number of nitrogen functional groups attached to an aromatic ring is 1. The van der Waals surface area contributed by atoms with Gasteiger partial charge in [-0.1, -0.05) is 0 Å². The van der Waals surface area contributed by atoms with Crippen LogP contribution in [-0.4, -0.2) is 77.3 Å². The maximum absolute atomic E-state index is 11.9.